The summed E-state index contributed by atoms with van der Waals surface area (Å²) in [5, 5.41) is 0. The molecule has 0 unspecified atom stereocenters. The minimum atomic E-state index is 0.360. The molecule has 20 heavy (non-hydrogen) atoms. The van der Waals surface area contributed by atoms with Gasteiger partial charge in [-0.2, -0.15) is 0 Å². The van der Waals surface area contributed by atoms with Crippen molar-refractivity contribution in [2.75, 3.05) is 33.4 Å². The molecule has 1 aromatic heterocycles. The number of hydrogen-bond donors (Lipinski definition) is 1. The number of likely N-dealkylation sites (N-methyl/N-ethyl adjacent to an activating group) is 2. The van der Waals surface area contributed by atoms with Crippen LogP contribution in [0.2, 0.25) is 0 Å². The first-order valence-electron chi connectivity index (χ1n) is 7.42. The second-order valence-electron chi connectivity index (χ2n) is 6.57. The van der Waals surface area contributed by atoms with Crippen molar-refractivity contribution < 1.29 is 0 Å². The average Bonchev–Trinajstić information content (AvgIpc) is 2.34. The minimum absolute atomic E-state index is 0.360. The van der Waals surface area contributed by atoms with Gasteiger partial charge in [-0.05, 0) is 65.4 Å². The van der Waals surface area contributed by atoms with E-state index >= 15 is 0 Å². The summed E-state index contributed by atoms with van der Waals surface area (Å²) in [5.74, 6) is 0. The molecular formula is C16H28N4. The smallest absolute Gasteiger partial charge is 0.0593 e. The molecule has 1 fully saturated rings. The topological polar surface area (TPSA) is 45.4 Å². The van der Waals surface area contributed by atoms with Crippen LogP contribution in [0.25, 0.3) is 0 Å². The summed E-state index contributed by atoms with van der Waals surface area (Å²) in [5.41, 5.74) is 10.6. The molecule has 0 saturated heterocycles. The molecule has 4 nitrogen and oxygen atoms in total. The van der Waals surface area contributed by atoms with Crippen LogP contribution < -0.4 is 5.73 Å². The Morgan fingerprint density at radius 2 is 1.90 bits per heavy atom. The predicted octanol–water partition coefficient (Wildman–Crippen LogP) is 2.20. The summed E-state index contributed by atoms with van der Waals surface area (Å²) in [6.07, 6.45) is 5.83. The number of rotatable bonds is 5. The average molecular weight is 276 g/mol. The second-order valence-corrected chi connectivity index (χ2v) is 6.57. The molecule has 0 aromatic carbocycles. The summed E-state index contributed by atoms with van der Waals surface area (Å²) < 4.78 is 0. The van der Waals surface area contributed by atoms with Gasteiger partial charge in [0.1, 0.15) is 0 Å². The number of nitrogens with two attached hydrogens (primary N) is 1. The summed E-state index contributed by atoms with van der Waals surface area (Å²) in [4.78, 5) is 9.33. The van der Waals surface area contributed by atoms with Crippen LogP contribution in [0.4, 0.5) is 5.69 Å². The molecule has 112 valence electrons. The molecule has 0 radical (unpaired) electrons. The van der Waals surface area contributed by atoms with Gasteiger partial charge in [0.2, 0.25) is 0 Å². The van der Waals surface area contributed by atoms with Crippen LogP contribution in [-0.4, -0.2) is 48.0 Å². The van der Waals surface area contributed by atoms with Crippen molar-refractivity contribution in [3.05, 3.63) is 23.0 Å². The molecule has 0 amide bonds. The van der Waals surface area contributed by atoms with E-state index in [2.05, 4.69) is 42.9 Å². The molecule has 0 aliphatic heterocycles. The van der Waals surface area contributed by atoms with Gasteiger partial charge in [-0.1, -0.05) is 0 Å². The zero-order chi connectivity index (χ0) is 14.9. The van der Waals surface area contributed by atoms with E-state index < -0.39 is 0 Å². The van der Waals surface area contributed by atoms with Gasteiger partial charge >= 0.3 is 0 Å². The van der Waals surface area contributed by atoms with Crippen LogP contribution in [0.1, 0.15) is 36.1 Å². The van der Waals surface area contributed by atoms with Crippen LogP contribution in [0.15, 0.2) is 6.20 Å². The van der Waals surface area contributed by atoms with Crippen molar-refractivity contribution >= 4 is 5.69 Å². The molecule has 1 saturated carbocycles. The van der Waals surface area contributed by atoms with Gasteiger partial charge in [-0.3, -0.25) is 9.88 Å². The molecule has 2 N–H and O–H groups in total. The first-order chi connectivity index (χ1) is 9.35. The highest BCUT2D eigenvalue weighted by molar-refractivity contribution is 5.53. The van der Waals surface area contributed by atoms with Gasteiger partial charge < -0.3 is 10.6 Å². The van der Waals surface area contributed by atoms with Gasteiger partial charge in [-0.25, -0.2) is 0 Å². The van der Waals surface area contributed by atoms with Crippen LogP contribution in [0.3, 0.4) is 0 Å². The summed E-state index contributed by atoms with van der Waals surface area (Å²) in [6, 6.07) is 0. The Morgan fingerprint density at radius 3 is 2.40 bits per heavy atom. The summed E-state index contributed by atoms with van der Waals surface area (Å²) >= 11 is 0. The predicted molar refractivity (Wildman–Crippen MR) is 84.7 cm³/mol. The van der Waals surface area contributed by atoms with Crippen LogP contribution in [0, 0.1) is 13.8 Å². The van der Waals surface area contributed by atoms with Gasteiger partial charge in [0.05, 0.1) is 5.69 Å². The molecule has 1 aromatic rings. The van der Waals surface area contributed by atoms with Crippen molar-refractivity contribution in [1.29, 1.82) is 0 Å². The highest BCUT2D eigenvalue weighted by Crippen LogP contribution is 2.36. The Morgan fingerprint density at radius 1 is 1.25 bits per heavy atom. The van der Waals surface area contributed by atoms with Crippen molar-refractivity contribution in [3.63, 3.8) is 0 Å². The van der Waals surface area contributed by atoms with Crippen LogP contribution in [0.5, 0.6) is 0 Å². The zero-order valence-electron chi connectivity index (χ0n) is 13.5. The maximum Gasteiger partial charge on any atom is 0.0593 e. The number of aryl methyl sites for hydroxylation is 1. The Labute approximate surface area is 123 Å². The lowest BCUT2D eigenvalue weighted by Crippen LogP contribution is -2.56. The third kappa shape index (κ3) is 2.81. The molecule has 4 heteroatoms. The fourth-order valence-corrected chi connectivity index (χ4v) is 3.10. The van der Waals surface area contributed by atoms with E-state index in [1.165, 1.54) is 19.3 Å². The Balaban J connectivity index is 2.05. The lowest BCUT2D eigenvalue weighted by atomic mass is 9.75. The van der Waals surface area contributed by atoms with E-state index in [1.54, 1.807) is 0 Å². The highest BCUT2D eigenvalue weighted by atomic mass is 15.2. The van der Waals surface area contributed by atoms with Crippen LogP contribution >= 0.6 is 0 Å². The van der Waals surface area contributed by atoms with Crippen molar-refractivity contribution in [2.45, 2.75) is 45.2 Å². The highest BCUT2D eigenvalue weighted by Gasteiger charge is 2.39. The van der Waals surface area contributed by atoms with Gasteiger partial charge in [-0.15, -0.1) is 0 Å². The van der Waals surface area contributed by atoms with Gasteiger partial charge in [0.15, 0.2) is 0 Å². The summed E-state index contributed by atoms with van der Waals surface area (Å²) in [7, 11) is 6.57. The normalized spacial score (nSPS) is 17.6. The van der Waals surface area contributed by atoms with Gasteiger partial charge in [0, 0.05) is 30.5 Å². The van der Waals surface area contributed by atoms with Gasteiger partial charge in [0.25, 0.3) is 0 Å². The number of aromatic nitrogens is 1. The number of anilines is 1. The lowest BCUT2D eigenvalue weighted by molar-refractivity contribution is 0.0255. The Bertz CT molecular complexity index is 478. The Hall–Kier alpha value is -1.13. The van der Waals surface area contributed by atoms with E-state index in [0.29, 0.717) is 5.54 Å². The molecule has 1 aliphatic rings. The van der Waals surface area contributed by atoms with Crippen LogP contribution in [-0.2, 0) is 6.54 Å². The third-order valence-corrected chi connectivity index (χ3v) is 4.89. The second kappa shape index (κ2) is 5.70. The number of pyridine rings is 1. The minimum Gasteiger partial charge on any atom is -0.398 e. The number of hydrogen-bond acceptors (Lipinski definition) is 4. The molecule has 0 atom stereocenters. The first-order valence-corrected chi connectivity index (χ1v) is 7.42. The SMILES string of the molecule is Cc1cnc(CN(C)CC2(N(C)C)CCC2)c(C)c1N. The van der Waals surface area contributed by atoms with E-state index in [0.717, 1.165) is 35.6 Å². The molecule has 0 bridgehead atoms. The quantitative estimate of drug-likeness (QED) is 0.895. The largest absolute Gasteiger partial charge is 0.398 e. The van der Waals surface area contributed by atoms with E-state index in [9.17, 15) is 0 Å². The molecule has 1 aliphatic carbocycles. The molecule has 1 heterocycles. The monoisotopic (exact) mass is 276 g/mol. The van der Waals surface area contributed by atoms with Crippen molar-refractivity contribution in [3.8, 4) is 0 Å². The molecule has 2 rings (SSSR count). The van der Waals surface area contributed by atoms with E-state index in [-0.39, 0.29) is 0 Å². The van der Waals surface area contributed by atoms with Crippen molar-refractivity contribution in [1.82, 2.24) is 14.8 Å². The number of nitrogens with zero attached hydrogens (tertiary/aromatic N) is 3. The maximum absolute atomic E-state index is 6.10. The standard InChI is InChI=1S/C16H28N4/c1-12-9-18-14(13(2)15(12)17)10-20(5)11-16(19(3)4)7-6-8-16/h9H,6-8,10-11H2,1-5H3,(H2,17,18). The molecular weight excluding hydrogens is 248 g/mol. The zero-order valence-corrected chi connectivity index (χ0v) is 13.5. The van der Waals surface area contributed by atoms with Crippen molar-refractivity contribution in [2.24, 2.45) is 0 Å². The fraction of sp³-hybridized carbons (Fsp3) is 0.688. The maximum atomic E-state index is 6.10. The summed E-state index contributed by atoms with van der Waals surface area (Å²) in [6.45, 7) is 6.04. The first kappa shape index (κ1) is 15.3. The Kier molecular flexibility index (Phi) is 4.35. The molecule has 0 spiro atoms. The van der Waals surface area contributed by atoms with E-state index in [1.807, 2.05) is 13.1 Å². The lowest BCUT2D eigenvalue weighted by Gasteiger charge is -2.49. The van der Waals surface area contributed by atoms with E-state index in [4.69, 9.17) is 5.73 Å². The number of nitrogen functional groups attached to an aromatic ring is 1. The fourth-order valence-electron chi connectivity index (χ4n) is 3.10. The third-order valence-electron chi connectivity index (χ3n) is 4.89.